The van der Waals surface area contributed by atoms with Crippen molar-refractivity contribution in [1.82, 2.24) is 0 Å². The summed E-state index contributed by atoms with van der Waals surface area (Å²) in [6.07, 6.45) is 0. The van der Waals surface area contributed by atoms with Gasteiger partial charge in [-0.05, 0) is 0 Å². The van der Waals surface area contributed by atoms with Gasteiger partial charge in [-0.15, -0.1) is 0 Å². The zero-order chi connectivity index (χ0) is 7.15. The van der Waals surface area contributed by atoms with Crippen molar-refractivity contribution in [3.8, 4) is 0 Å². The van der Waals surface area contributed by atoms with Crippen LogP contribution >= 0.6 is 8.60 Å². The van der Waals surface area contributed by atoms with E-state index in [1.54, 1.807) is 0 Å². The Bertz CT molecular complexity index is 57.3. The molecule has 0 atom stereocenters. The fraction of sp³-hybridized carbons (Fsp3) is 0. The second-order valence-electron chi connectivity index (χ2n) is 0.476. The molecule has 50 valence electrons. The van der Waals surface area contributed by atoms with E-state index in [2.05, 4.69) is 0 Å². The molecular formula is H2CaNO6P. The van der Waals surface area contributed by atoms with Gasteiger partial charge in [-0.25, -0.2) is 0 Å². The number of nitrogens with zero attached hydrogens (tertiary/aromatic N) is 1. The Morgan fingerprint density at radius 3 is 1.33 bits per heavy atom. The molecular weight excluding hydrogens is 181 g/mol. The summed E-state index contributed by atoms with van der Waals surface area (Å²) in [6.45, 7) is 0. The van der Waals surface area contributed by atoms with Gasteiger partial charge in [0, 0.05) is 0 Å². The molecule has 0 radical (unpaired) electrons. The molecule has 2 N–H and O–H groups in total. The van der Waals surface area contributed by atoms with Crippen molar-refractivity contribution >= 4 is 46.3 Å². The summed E-state index contributed by atoms with van der Waals surface area (Å²) >= 11 is 0. The maximum atomic E-state index is 8.70. The van der Waals surface area contributed by atoms with Crippen molar-refractivity contribution in [3.63, 3.8) is 0 Å². The molecule has 0 rings (SSSR count). The molecule has 0 aromatic rings. The Morgan fingerprint density at radius 2 is 1.33 bits per heavy atom. The van der Waals surface area contributed by atoms with Crippen LogP contribution in [-0.2, 0) is 0 Å². The van der Waals surface area contributed by atoms with Crippen molar-refractivity contribution in [2.75, 3.05) is 0 Å². The van der Waals surface area contributed by atoms with Gasteiger partial charge in [0.1, 0.15) is 0 Å². The molecule has 9 heavy (non-hydrogen) atoms. The molecule has 0 aliphatic heterocycles. The first kappa shape index (κ1) is 16.4. The van der Waals surface area contributed by atoms with E-state index in [4.69, 9.17) is 30.0 Å². The van der Waals surface area contributed by atoms with Crippen LogP contribution in [0.4, 0.5) is 0 Å². The summed E-state index contributed by atoms with van der Waals surface area (Å²) in [4.78, 5) is 31.2. The fourth-order valence-electron chi connectivity index (χ4n) is 0. The van der Waals surface area contributed by atoms with Crippen LogP contribution in [-0.4, -0.2) is 52.6 Å². The molecule has 7 nitrogen and oxygen atoms in total. The molecule has 0 bridgehead atoms. The van der Waals surface area contributed by atoms with Crippen molar-refractivity contribution in [2.45, 2.75) is 0 Å². The fourth-order valence-corrected chi connectivity index (χ4v) is 0. The molecule has 0 aliphatic rings. The quantitative estimate of drug-likeness (QED) is 0.192. The Balaban J connectivity index is -0.0000000720. The second-order valence-corrected chi connectivity index (χ2v) is 0.982. The largest absolute Gasteiger partial charge is 2.00 e. The van der Waals surface area contributed by atoms with Crippen molar-refractivity contribution < 1.29 is 19.8 Å². The molecule has 0 aliphatic carbocycles. The summed E-state index contributed by atoms with van der Waals surface area (Å²) in [5, 5.41) is 14.8. The minimum Gasteiger partial charge on any atom is -0.786 e. The van der Waals surface area contributed by atoms with Gasteiger partial charge in [0.15, 0.2) is 0 Å². The summed E-state index contributed by atoms with van der Waals surface area (Å²) in [5.41, 5.74) is 0. The van der Waals surface area contributed by atoms with E-state index in [0.717, 1.165) is 0 Å². The maximum Gasteiger partial charge on any atom is 2.00 e. The van der Waals surface area contributed by atoms with E-state index in [9.17, 15) is 0 Å². The molecule has 0 aromatic carbocycles. The van der Waals surface area contributed by atoms with Crippen LogP contribution in [0.2, 0.25) is 0 Å². The van der Waals surface area contributed by atoms with Crippen molar-refractivity contribution in [3.05, 3.63) is 15.3 Å². The van der Waals surface area contributed by atoms with Crippen LogP contribution in [0.25, 0.3) is 0 Å². The SMILES string of the molecule is O=[N+]([O-])[O-].[Ca+2].[O-]P(O)O. The van der Waals surface area contributed by atoms with Gasteiger partial charge in [0.25, 0.3) is 0 Å². The molecule has 9 heteroatoms. The number of hydrogen-bond donors (Lipinski definition) is 2. The predicted molar refractivity (Wildman–Crippen MR) is 27.5 cm³/mol. The zero-order valence-electron chi connectivity index (χ0n) is 4.13. The predicted octanol–water partition coefficient (Wildman–Crippen LogP) is -2.06. The van der Waals surface area contributed by atoms with Gasteiger partial charge in [-0.3, -0.25) is 0 Å². The van der Waals surface area contributed by atoms with Gasteiger partial charge < -0.3 is 30.0 Å². The molecule has 0 fully saturated rings. The third-order valence-electron chi connectivity index (χ3n) is 0. The van der Waals surface area contributed by atoms with Crippen LogP contribution < -0.4 is 4.89 Å². The van der Waals surface area contributed by atoms with Crippen molar-refractivity contribution in [1.29, 1.82) is 0 Å². The topological polar surface area (TPSA) is 130 Å². The second kappa shape index (κ2) is 11.6. The molecule has 0 saturated carbocycles. The first-order valence-corrected chi connectivity index (χ1v) is 2.30. The van der Waals surface area contributed by atoms with Gasteiger partial charge in [-0.2, -0.15) is 0 Å². The minimum absolute atomic E-state index is 0. The van der Waals surface area contributed by atoms with Crippen LogP contribution in [0.1, 0.15) is 0 Å². The molecule has 0 unspecified atom stereocenters. The summed E-state index contributed by atoms with van der Waals surface area (Å²) < 4.78 is 0. The summed E-state index contributed by atoms with van der Waals surface area (Å²) in [7, 11) is -2.87. The molecule has 0 aromatic heterocycles. The first-order valence-electron chi connectivity index (χ1n) is 1.13. The Labute approximate surface area is 81.0 Å². The molecule has 0 heterocycles. The van der Waals surface area contributed by atoms with Gasteiger partial charge in [-0.1, -0.05) is 0 Å². The van der Waals surface area contributed by atoms with Crippen LogP contribution in [0.3, 0.4) is 0 Å². The number of rotatable bonds is 0. The van der Waals surface area contributed by atoms with Crippen LogP contribution in [0.5, 0.6) is 0 Å². The maximum absolute atomic E-state index is 8.70. The van der Waals surface area contributed by atoms with E-state index in [1.165, 1.54) is 0 Å². The van der Waals surface area contributed by atoms with Crippen molar-refractivity contribution in [2.24, 2.45) is 0 Å². The molecule has 0 saturated heterocycles. The van der Waals surface area contributed by atoms with E-state index in [1.807, 2.05) is 0 Å². The third kappa shape index (κ3) is 678. The smallest absolute Gasteiger partial charge is 0.786 e. The summed E-state index contributed by atoms with van der Waals surface area (Å²) in [5.74, 6) is 0. The van der Waals surface area contributed by atoms with E-state index < -0.39 is 13.7 Å². The van der Waals surface area contributed by atoms with Gasteiger partial charge >= 0.3 is 37.7 Å². The van der Waals surface area contributed by atoms with E-state index >= 15 is 0 Å². The molecule has 0 spiro atoms. The zero-order valence-corrected chi connectivity index (χ0v) is 7.23. The Hall–Kier alpha value is 0.770. The number of hydrogen-bond acceptors (Lipinski definition) is 6. The average molecular weight is 183 g/mol. The van der Waals surface area contributed by atoms with Crippen LogP contribution in [0, 0.1) is 15.3 Å². The van der Waals surface area contributed by atoms with Gasteiger partial charge in [0.05, 0.1) is 13.7 Å². The van der Waals surface area contributed by atoms with E-state index in [-0.39, 0.29) is 37.7 Å². The Kier molecular flexibility index (Phi) is 21.0. The summed E-state index contributed by atoms with van der Waals surface area (Å²) in [6, 6.07) is 0. The van der Waals surface area contributed by atoms with E-state index in [0.29, 0.717) is 0 Å². The Morgan fingerprint density at radius 1 is 1.33 bits per heavy atom. The first-order chi connectivity index (χ1) is 3.46. The molecule has 0 amide bonds. The standard InChI is InChI=1S/Ca.NO3.H2O3P/c;2-1(3)4;1-4(2)3/h;;1-2H/q+2;2*-1. The average Bonchev–Trinajstić information content (AvgIpc) is 1.25. The van der Waals surface area contributed by atoms with Crippen LogP contribution in [0.15, 0.2) is 0 Å². The normalized spacial score (nSPS) is 6.67. The third-order valence-corrected chi connectivity index (χ3v) is 0. The minimum atomic E-state index is -2.87. The monoisotopic (exact) mass is 183 g/mol. The van der Waals surface area contributed by atoms with Gasteiger partial charge in [0.2, 0.25) is 0 Å².